The van der Waals surface area contributed by atoms with Crippen molar-refractivity contribution in [2.24, 2.45) is 0 Å². The first-order valence-electron chi connectivity index (χ1n) is 12.3. The topological polar surface area (TPSA) is 113 Å². The van der Waals surface area contributed by atoms with Crippen molar-refractivity contribution in [2.45, 2.75) is 36.6 Å². The van der Waals surface area contributed by atoms with Gasteiger partial charge in [0.25, 0.3) is 11.7 Å². The van der Waals surface area contributed by atoms with Gasteiger partial charge in [-0.05, 0) is 61.2 Å². The highest BCUT2D eigenvalue weighted by atomic mass is 32.2. The van der Waals surface area contributed by atoms with Crippen LogP contribution in [-0.2, 0) is 24.3 Å². The van der Waals surface area contributed by atoms with Gasteiger partial charge in [0, 0.05) is 38.9 Å². The molecule has 2 fully saturated rings. The van der Waals surface area contributed by atoms with E-state index in [2.05, 4.69) is 0 Å². The fourth-order valence-corrected chi connectivity index (χ4v) is 6.36. The molecule has 37 heavy (non-hydrogen) atoms. The molecule has 0 aromatic heterocycles. The number of aliphatic hydroxyl groups is 1. The highest BCUT2D eigenvalue weighted by molar-refractivity contribution is 7.89. The van der Waals surface area contributed by atoms with Crippen LogP contribution in [0.1, 0.15) is 42.9 Å². The van der Waals surface area contributed by atoms with Gasteiger partial charge in [0.05, 0.1) is 23.6 Å². The minimum absolute atomic E-state index is 0.0534. The number of carbonyl (C=O) groups is 2. The molecule has 198 valence electrons. The number of piperidine rings is 1. The van der Waals surface area contributed by atoms with Crippen LogP contribution in [0.4, 0.5) is 0 Å². The third kappa shape index (κ3) is 5.41. The first-order valence-corrected chi connectivity index (χ1v) is 13.8. The number of likely N-dealkylation sites (tertiary alicyclic amines) is 1. The van der Waals surface area contributed by atoms with Crippen LogP contribution in [0.2, 0.25) is 0 Å². The van der Waals surface area contributed by atoms with Gasteiger partial charge < -0.3 is 19.5 Å². The van der Waals surface area contributed by atoms with E-state index in [1.807, 2.05) is 0 Å². The summed E-state index contributed by atoms with van der Waals surface area (Å²) in [5, 5.41) is 11.3. The molecule has 0 spiro atoms. The van der Waals surface area contributed by atoms with Crippen LogP contribution in [-0.4, -0.2) is 74.9 Å². The highest BCUT2D eigenvalue weighted by Crippen LogP contribution is 2.40. The van der Waals surface area contributed by atoms with Gasteiger partial charge in [0.1, 0.15) is 11.5 Å². The number of benzene rings is 2. The van der Waals surface area contributed by atoms with Crippen molar-refractivity contribution in [2.75, 3.05) is 40.5 Å². The number of carbonyl (C=O) groups excluding carboxylic acids is 2. The number of rotatable bonds is 9. The molecule has 1 amide bonds. The van der Waals surface area contributed by atoms with Gasteiger partial charge in [-0.25, -0.2) is 8.42 Å². The summed E-state index contributed by atoms with van der Waals surface area (Å²) >= 11 is 0. The lowest BCUT2D eigenvalue weighted by Gasteiger charge is -2.26. The van der Waals surface area contributed by atoms with Crippen LogP contribution in [0.25, 0.3) is 5.76 Å². The monoisotopic (exact) mass is 528 g/mol. The molecule has 9 nitrogen and oxygen atoms in total. The van der Waals surface area contributed by atoms with E-state index in [1.54, 1.807) is 31.4 Å². The van der Waals surface area contributed by atoms with Crippen LogP contribution in [0.3, 0.4) is 0 Å². The minimum atomic E-state index is -3.65. The van der Waals surface area contributed by atoms with Gasteiger partial charge >= 0.3 is 0 Å². The van der Waals surface area contributed by atoms with E-state index in [0.29, 0.717) is 37.4 Å². The summed E-state index contributed by atoms with van der Waals surface area (Å²) in [6, 6.07) is 11.9. The molecule has 1 unspecified atom stereocenters. The third-order valence-electron chi connectivity index (χ3n) is 6.78. The van der Waals surface area contributed by atoms with Crippen molar-refractivity contribution < 1.29 is 32.6 Å². The Morgan fingerprint density at radius 2 is 1.73 bits per heavy atom. The van der Waals surface area contributed by atoms with Crippen LogP contribution >= 0.6 is 0 Å². The molecule has 0 aliphatic carbocycles. The number of hydrogen-bond acceptors (Lipinski definition) is 7. The predicted octanol–water partition coefficient (Wildman–Crippen LogP) is 3.33. The van der Waals surface area contributed by atoms with Crippen LogP contribution in [0.5, 0.6) is 5.75 Å². The van der Waals surface area contributed by atoms with Crippen LogP contribution in [0, 0.1) is 0 Å². The number of Topliss-reactive ketones (excluding diaryl/α,β-unsaturated/α-hetero) is 1. The van der Waals surface area contributed by atoms with Crippen molar-refractivity contribution in [1.29, 1.82) is 0 Å². The average molecular weight is 529 g/mol. The molecule has 1 atom stereocenters. The Kier molecular flexibility index (Phi) is 8.31. The molecule has 2 aliphatic heterocycles. The predicted molar refractivity (Wildman–Crippen MR) is 138 cm³/mol. The lowest BCUT2D eigenvalue weighted by atomic mass is 9.95. The highest BCUT2D eigenvalue weighted by Gasteiger charge is 2.46. The quantitative estimate of drug-likeness (QED) is 0.230. The maximum Gasteiger partial charge on any atom is 0.295 e. The lowest BCUT2D eigenvalue weighted by Crippen LogP contribution is -2.35. The summed E-state index contributed by atoms with van der Waals surface area (Å²) in [4.78, 5) is 27.7. The molecular weight excluding hydrogens is 496 g/mol. The second-order valence-electron chi connectivity index (χ2n) is 9.10. The van der Waals surface area contributed by atoms with Gasteiger partial charge in [0.15, 0.2) is 0 Å². The van der Waals surface area contributed by atoms with Gasteiger partial charge in [-0.2, -0.15) is 4.31 Å². The Hall–Kier alpha value is -3.21. The Balaban J connectivity index is 1.73. The molecule has 2 aromatic carbocycles. The molecule has 2 saturated heterocycles. The summed E-state index contributed by atoms with van der Waals surface area (Å²) in [6.07, 6.45) is 3.17. The van der Waals surface area contributed by atoms with Gasteiger partial charge in [-0.15, -0.1) is 0 Å². The number of hydrogen-bond donors (Lipinski definition) is 1. The molecule has 1 N–H and O–H groups in total. The number of sulfonamides is 1. The number of methoxy groups -OCH3 is 2. The molecule has 0 radical (unpaired) electrons. The molecule has 4 rings (SSSR count). The van der Waals surface area contributed by atoms with E-state index < -0.39 is 27.8 Å². The van der Waals surface area contributed by atoms with Crippen LogP contribution < -0.4 is 4.74 Å². The largest absolute Gasteiger partial charge is 0.507 e. The summed E-state index contributed by atoms with van der Waals surface area (Å²) < 4.78 is 37.9. The van der Waals surface area contributed by atoms with Crippen molar-refractivity contribution in [3.05, 3.63) is 65.2 Å². The zero-order valence-corrected chi connectivity index (χ0v) is 21.9. The Morgan fingerprint density at radius 1 is 1.03 bits per heavy atom. The van der Waals surface area contributed by atoms with Crippen LogP contribution in [0.15, 0.2) is 59.0 Å². The van der Waals surface area contributed by atoms with Crippen molar-refractivity contribution in [3.8, 4) is 5.75 Å². The molecule has 10 heteroatoms. The second kappa shape index (κ2) is 11.5. The summed E-state index contributed by atoms with van der Waals surface area (Å²) in [5.74, 6) is -1.32. The maximum atomic E-state index is 13.2. The summed E-state index contributed by atoms with van der Waals surface area (Å²) in [6.45, 7) is 1.62. The molecule has 2 aliphatic rings. The number of nitrogens with zero attached hydrogens (tertiary/aromatic N) is 2. The molecule has 2 heterocycles. The maximum absolute atomic E-state index is 13.2. The SMILES string of the molecule is COCCCN1C(=O)C(=O)C(=C(O)c2ccc(S(=O)(=O)N3CCCCC3)cc2)C1c1cccc(OC)c1. The second-order valence-corrected chi connectivity index (χ2v) is 11.0. The average Bonchev–Trinajstić information content (AvgIpc) is 3.18. The van der Waals surface area contributed by atoms with E-state index in [9.17, 15) is 23.1 Å². The Bertz CT molecular complexity index is 1280. The van der Waals surface area contributed by atoms with E-state index in [4.69, 9.17) is 9.47 Å². The van der Waals surface area contributed by atoms with Gasteiger partial charge in [-0.1, -0.05) is 18.6 Å². The Morgan fingerprint density at radius 3 is 2.38 bits per heavy atom. The number of aliphatic hydroxyl groups excluding tert-OH is 1. The molecular formula is C27H32N2O7S. The van der Waals surface area contributed by atoms with E-state index in [1.165, 1.54) is 40.6 Å². The minimum Gasteiger partial charge on any atom is -0.507 e. The van der Waals surface area contributed by atoms with E-state index in [0.717, 1.165) is 19.3 Å². The fourth-order valence-electron chi connectivity index (χ4n) is 4.84. The first-order chi connectivity index (χ1) is 17.8. The van der Waals surface area contributed by atoms with E-state index >= 15 is 0 Å². The lowest BCUT2D eigenvalue weighted by molar-refractivity contribution is -0.140. The standard InChI is InChI=1S/C27H32N2O7S/c1-35-17-7-16-29-24(20-8-6-9-21(18-20)36-2)23(26(31)27(29)32)25(30)19-10-12-22(13-11-19)37(33,34)28-14-4-3-5-15-28/h6,8-13,18,24,30H,3-5,7,14-17H2,1-2H3. The molecule has 0 bridgehead atoms. The normalized spacial score (nSPS) is 20.4. The number of amides is 1. The smallest absolute Gasteiger partial charge is 0.295 e. The molecule has 0 saturated carbocycles. The zero-order valence-electron chi connectivity index (χ0n) is 21.1. The first kappa shape index (κ1) is 26.8. The van der Waals surface area contributed by atoms with Crippen molar-refractivity contribution in [3.63, 3.8) is 0 Å². The number of ether oxygens (including phenoxy) is 2. The summed E-state index contributed by atoms with van der Waals surface area (Å²) in [5.41, 5.74) is 0.810. The third-order valence-corrected chi connectivity index (χ3v) is 8.69. The fraction of sp³-hybridized carbons (Fsp3) is 0.407. The van der Waals surface area contributed by atoms with Crippen molar-refractivity contribution >= 4 is 27.5 Å². The Labute approximate surface area is 217 Å². The van der Waals surface area contributed by atoms with Gasteiger partial charge in [-0.3, -0.25) is 9.59 Å². The number of ketones is 1. The zero-order chi connectivity index (χ0) is 26.6. The molecule has 2 aromatic rings. The van der Waals surface area contributed by atoms with Gasteiger partial charge in [0.2, 0.25) is 10.0 Å². The van der Waals surface area contributed by atoms with Crippen molar-refractivity contribution in [1.82, 2.24) is 9.21 Å². The summed E-state index contributed by atoms with van der Waals surface area (Å²) in [7, 11) is -0.565. The van der Waals surface area contributed by atoms with E-state index in [-0.39, 0.29) is 28.3 Å².